The van der Waals surface area contributed by atoms with E-state index in [2.05, 4.69) is 22.4 Å². The third kappa shape index (κ3) is 4.38. The summed E-state index contributed by atoms with van der Waals surface area (Å²) in [4.78, 5) is 22.0. The molecule has 0 saturated heterocycles. The van der Waals surface area contributed by atoms with Crippen molar-refractivity contribution in [2.75, 3.05) is 19.5 Å². The second kappa shape index (κ2) is 9.41. The molecule has 3 aromatic carbocycles. The highest BCUT2D eigenvalue weighted by Gasteiger charge is 2.20. The van der Waals surface area contributed by atoms with Crippen LogP contribution in [0.2, 0.25) is 0 Å². The van der Waals surface area contributed by atoms with E-state index in [1.807, 2.05) is 66.7 Å². The number of ether oxygens (including phenoxy) is 2. The molecule has 0 radical (unpaired) electrons. The number of carbonyl (C=O) groups is 1. The Morgan fingerprint density at radius 1 is 0.971 bits per heavy atom. The summed E-state index contributed by atoms with van der Waals surface area (Å²) in [6, 6.07) is 25.5. The van der Waals surface area contributed by atoms with Gasteiger partial charge in [0.1, 0.15) is 17.2 Å². The lowest BCUT2D eigenvalue weighted by atomic mass is 10.1. The molecule has 0 aliphatic rings. The van der Waals surface area contributed by atoms with Gasteiger partial charge in [-0.25, -0.2) is 4.98 Å². The van der Waals surface area contributed by atoms with Crippen LogP contribution in [0, 0.1) is 0 Å². The quantitative estimate of drug-likeness (QED) is 0.300. The summed E-state index contributed by atoms with van der Waals surface area (Å²) >= 11 is 1.46. The summed E-state index contributed by atoms with van der Waals surface area (Å²) < 4.78 is 11.0. The average molecular weight is 470 g/mol. The third-order valence-corrected chi connectivity index (χ3v) is 6.53. The Kier molecular flexibility index (Phi) is 6.01. The number of hydrogen-bond acceptors (Lipinski definition) is 5. The Labute approximate surface area is 201 Å². The van der Waals surface area contributed by atoms with Crippen LogP contribution in [0.25, 0.3) is 22.2 Å². The molecule has 0 unspecified atom stereocenters. The second-order valence-electron chi connectivity index (χ2n) is 7.74. The summed E-state index contributed by atoms with van der Waals surface area (Å²) in [6.45, 7) is 0. The summed E-state index contributed by atoms with van der Waals surface area (Å²) in [5, 5.41) is 4.48. The largest absolute Gasteiger partial charge is 0.497 e. The number of thiazole rings is 1. The molecule has 2 N–H and O–H groups in total. The number of amides is 1. The molecule has 5 rings (SSSR count). The number of fused-ring (bicyclic) bond motifs is 1. The maximum atomic E-state index is 13.0. The van der Waals surface area contributed by atoms with Gasteiger partial charge in [0.05, 0.1) is 19.9 Å². The van der Waals surface area contributed by atoms with Gasteiger partial charge in [-0.2, -0.15) is 0 Å². The molecule has 7 heteroatoms. The van der Waals surface area contributed by atoms with Crippen LogP contribution >= 0.6 is 11.3 Å². The molecule has 0 aliphatic heterocycles. The van der Waals surface area contributed by atoms with Gasteiger partial charge < -0.3 is 14.5 Å². The molecule has 2 aromatic heterocycles. The van der Waals surface area contributed by atoms with Gasteiger partial charge in [-0.15, -0.1) is 11.3 Å². The van der Waals surface area contributed by atoms with E-state index >= 15 is 0 Å². The van der Waals surface area contributed by atoms with Crippen molar-refractivity contribution < 1.29 is 14.3 Å². The van der Waals surface area contributed by atoms with E-state index in [0.717, 1.165) is 32.6 Å². The van der Waals surface area contributed by atoms with Crippen molar-refractivity contribution >= 4 is 33.3 Å². The molecule has 5 aromatic rings. The maximum absolute atomic E-state index is 13.0. The summed E-state index contributed by atoms with van der Waals surface area (Å²) in [5.41, 5.74) is 4.19. The normalized spacial score (nSPS) is 10.9. The number of para-hydroxylation sites is 1. The molecule has 0 fully saturated rings. The zero-order valence-corrected chi connectivity index (χ0v) is 19.6. The van der Waals surface area contributed by atoms with Crippen molar-refractivity contribution in [3.63, 3.8) is 0 Å². The topological polar surface area (TPSA) is 76.2 Å². The Bertz CT molecular complexity index is 1420. The first-order valence-corrected chi connectivity index (χ1v) is 11.6. The number of aromatic amines is 1. The van der Waals surface area contributed by atoms with Crippen LogP contribution in [0.3, 0.4) is 0 Å². The number of benzene rings is 3. The Morgan fingerprint density at radius 3 is 2.53 bits per heavy atom. The molecule has 6 nitrogen and oxygen atoms in total. The number of nitrogens with one attached hydrogen (secondary N) is 2. The van der Waals surface area contributed by atoms with Gasteiger partial charge in [-0.05, 0) is 29.8 Å². The first kappa shape index (κ1) is 21.7. The Morgan fingerprint density at radius 2 is 1.76 bits per heavy atom. The second-order valence-corrected chi connectivity index (χ2v) is 8.83. The first-order chi connectivity index (χ1) is 16.6. The Hall–Kier alpha value is -4.10. The van der Waals surface area contributed by atoms with E-state index in [4.69, 9.17) is 14.5 Å². The fraction of sp³-hybridized carbons (Fsp3) is 0.111. The fourth-order valence-corrected chi connectivity index (χ4v) is 4.88. The molecule has 34 heavy (non-hydrogen) atoms. The SMILES string of the molecule is COc1ccc(-c2nc(NC(=O)c3cc4ccccc4[nH]3)sc2Cc2ccccc2)c(OC)c1. The molecule has 0 bridgehead atoms. The molecule has 1 amide bonds. The molecule has 170 valence electrons. The van der Waals surface area contributed by atoms with Crippen LogP contribution in [0.5, 0.6) is 11.5 Å². The van der Waals surface area contributed by atoms with E-state index in [0.29, 0.717) is 28.7 Å². The first-order valence-electron chi connectivity index (χ1n) is 10.8. The number of rotatable bonds is 7. The van der Waals surface area contributed by atoms with E-state index in [1.54, 1.807) is 14.2 Å². The lowest BCUT2D eigenvalue weighted by Gasteiger charge is -2.10. The van der Waals surface area contributed by atoms with Crippen LogP contribution in [0.15, 0.2) is 78.9 Å². The monoisotopic (exact) mass is 469 g/mol. The predicted octanol–water partition coefficient (Wildman–Crippen LogP) is 6.15. The summed E-state index contributed by atoms with van der Waals surface area (Å²) in [5.74, 6) is 1.13. The van der Waals surface area contributed by atoms with Gasteiger partial charge in [0, 0.05) is 33.8 Å². The third-order valence-electron chi connectivity index (χ3n) is 5.56. The van der Waals surface area contributed by atoms with Crippen molar-refractivity contribution in [1.29, 1.82) is 0 Å². The number of anilines is 1. The number of hydrogen-bond donors (Lipinski definition) is 2. The highest BCUT2D eigenvalue weighted by atomic mass is 32.1. The molecular formula is C27H23N3O3S. The van der Waals surface area contributed by atoms with E-state index in [-0.39, 0.29) is 5.91 Å². The Balaban J connectivity index is 1.51. The lowest BCUT2D eigenvalue weighted by molar-refractivity contribution is 0.102. The number of methoxy groups -OCH3 is 2. The van der Waals surface area contributed by atoms with E-state index in [1.165, 1.54) is 11.3 Å². The van der Waals surface area contributed by atoms with Crippen LogP contribution in [0.4, 0.5) is 5.13 Å². The molecule has 0 aliphatic carbocycles. The molecule has 0 atom stereocenters. The van der Waals surface area contributed by atoms with Crippen molar-refractivity contribution in [2.24, 2.45) is 0 Å². The van der Waals surface area contributed by atoms with Crippen LogP contribution in [-0.2, 0) is 6.42 Å². The average Bonchev–Trinajstić information content (AvgIpc) is 3.48. The molecule has 0 spiro atoms. The number of carbonyl (C=O) groups excluding carboxylic acids is 1. The van der Waals surface area contributed by atoms with E-state index in [9.17, 15) is 4.79 Å². The van der Waals surface area contributed by atoms with Gasteiger partial charge in [0.15, 0.2) is 5.13 Å². The van der Waals surface area contributed by atoms with Crippen molar-refractivity contribution in [2.45, 2.75) is 6.42 Å². The molecule has 2 heterocycles. The van der Waals surface area contributed by atoms with Crippen molar-refractivity contribution in [3.8, 4) is 22.8 Å². The fourth-order valence-electron chi connectivity index (χ4n) is 3.87. The van der Waals surface area contributed by atoms with Crippen LogP contribution in [-0.4, -0.2) is 30.1 Å². The lowest BCUT2D eigenvalue weighted by Crippen LogP contribution is -2.11. The number of H-pyrrole nitrogens is 1. The van der Waals surface area contributed by atoms with E-state index < -0.39 is 0 Å². The van der Waals surface area contributed by atoms with Gasteiger partial charge in [0.25, 0.3) is 5.91 Å². The minimum Gasteiger partial charge on any atom is -0.497 e. The number of nitrogens with zero attached hydrogens (tertiary/aromatic N) is 1. The van der Waals surface area contributed by atoms with Gasteiger partial charge in [0.2, 0.25) is 0 Å². The minimum absolute atomic E-state index is 0.232. The van der Waals surface area contributed by atoms with Gasteiger partial charge in [-0.3, -0.25) is 10.1 Å². The maximum Gasteiger partial charge on any atom is 0.273 e. The smallest absolute Gasteiger partial charge is 0.273 e. The van der Waals surface area contributed by atoms with Gasteiger partial charge >= 0.3 is 0 Å². The summed E-state index contributed by atoms with van der Waals surface area (Å²) in [7, 11) is 3.25. The van der Waals surface area contributed by atoms with Crippen LogP contribution in [0.1, 0.15) is 20.9 Å². The minimum atomic E-state index is -0.232. The predicted molar refractivity (Wildman–Crippen MR) is 136 cm³/mol. The van der Waals surface area contributed by atoms with Gasteiger partial charge in [-0.1, -0.05) is 48.5 Å². The zero-order chi connectivity index (χ0) is 23.5. The van der Waals surface area contributed by atoms with Crippen LogP contribution < -0.4 is 14.8 Å². The highest BCUT2D eigenvalue weighted by Crippen LogP contribution is 2.39. The molecule has 0 saturated carbocycles. The standard InChI is InChI=1S/C27H23N3O3S/c1-32-19-12-13-20(23(16-19)33-2)25-24(14-17-8-4-3-5-9-17)34-27(29-25)30-26(31)22-15-18-10-6-7-11-21(18)28-22/h3-13,15-16,28H,14H2,1-2H3,(H,29,30,31). The summed E-state index contributed by atoms with van der Waals surface area (Å²) in [6.07, 6.45) is 0.686. The highest BCUT2D eigenvalue weighted by molar-refractivity contribution is 7.16. The van der Waals surface area contributed by atoms with Crippen molar-refractivity contribution in [1.82, 2.24) is 9.97 Å². The van der Waals surface area contributed by atoms with Crippen molar-refractivity contribution in [3.05, 3.63) is 95.0 Å². The molecular weight excluding hydrogens is 446 g/mol. The number of aromatic nitrogens is 2. The zero-order valence-electron chi connectivity index (χ0n) is 18.8.